The molecule has 1 aromatic carbocycles. The van der Waals surface area contributed by atoms with Gasteiger partial charge in [0.2, 0.25) is 11.1 Å². The number of thioether (sulfide) groups is 1. The lowest BCUT2D eigenvalue weighted by Crippen LogP contribution is -2.32. The zero-order chi connectivity index (χ0) is 17.8. The van der Waals surface area contributed by atoms with Crippen LogP contribution < -0.4 is 5.32 Å². The second-order valence-corrected chi connectivity index (χ2v) is 7.14. The van der Waals surface area contributed by atoms with E-state index in [4.69, 9.17) is 0 Å². The maximum absolute atomic E-state index is 12.4. The Kier molecular flexibility index (Phi) is 4.97. The molecule has 26 heavy (non-hydrogen) atoms. The van der Waals surface area contributed by atoms with Gasteiger partial charge in [0.25, 0.3) is 0 Å². The van der Waals surface area contributed by atoms with Gasteiger partial charge in [-0.2, -0.15) is 0 Å². The number of nitrogens with zero attached hydrogens (tertiary/aromatic N) is 3. The van der Waals surface area contributed by atoms with Gasteiger partial charge < -0.3 is 5.32 Å². The fourth-order valence-corrected chi connectivity index (χ4v) is 3.83. The van der Waals surface area contributed by atoms with Crippen LogP contribution in [0, 0.1) is 0 Å². The van der Waals surface area contributed by atoms with Crippen LogP contribution in [-0.2, 0) is 11.2 Å². The van der Waals surface area contributed by atoms with Gasteiger partial charge in [-0.15, -0.1) is 5.10 Å². The number of aromatic nitrogens is 4. The summed E-state index contributed by atoms with van der Waals surface area (Å²) >= 11 is 1.33. The van der Waals surface area contributed by atoms with E-state index < -0.39 is 0 Å². The number of benzene rings is 1. The minimum absolute atomic E-state index is 0.00645. The highest BCUT2D eigenvalue weighted by Gasteiger charge is 2.21. The fourth-order valence-electron chi connectivity index (χ4n) is 3.22. The molecule has 2 aromatic heterocycles. The van der Waals surface area contributed by atoms with E-state index in [0.717, 1.165) is 24.8 Å². The van der Waals surface area contributed by atoms with E-state index in [0.29, 0.717) is 16.7 Å². The van der Waals surface area contributed by atoms with Crippen molar-refractivity contribution in [2.45, 2.75) is 30.5 Å². The Labute approximate surface area is 155 Å². The van der Waals surface area contributed by atoms with Crippen molar-refractivity contribution >= 4 is 17.7 Å². The quantitative estimate of drug-likeness (QED) is 0.679. The molecule has 0 fully saturated rings. The van der Waals surface area contributed by atoms with Crippen molar-refractivity contribution in [2.24, 2.45) is 0 Å². The van der Waals surface area contributed by atoms with Crippen LogP contribution in [0.5, 0.6) is 0 Å². The maximum atomic E-state index is 12.4. The molecule has 0 spiro atoms. The summed E-state index contributed by atoms with van der Waals surface area (Å²) in [5, 5.41) is 10.8. The highest BCUT2D eigenvalue weighted by molar-refractivity contribution is 7.99. The molecule has 0 saturated heterocycles. The normalized spacial score (nSPS) is 16.1. The van der Waals surface area contributed by atoms with Gasteiger partial charge in [-0.3, -0.25) is 14.9 Å². The van der Waals surface area contributed by atoms with Gasteiger partial charge >= 0.3 is 0 Å². The van der Waals surface area contributed by atoms with Gasteiger partial charge in [0.1, 0.15) is 0 Å². The number of carbonyl (C=O) groups excluding carboxylic acids is 1. The fraction of sp³-hybridized carbons (Fsp3) is 0.263. The second-order valence-electron chi connectivity index (χ2n) is 6.20. The van der Waals surface area contributed by atoms with Crippen molar-refractivity contribution < 1.29 is 4.79 Å². The van der Waals surface area contributed by atoms with E-state index in [-0.39, 0.29) is 11.9 Å². The van der Waals surface area contributed by atoms with Crippen LogP contribution in [0.3, 0.4) is 0 Å². The zero-order valence-electron chi connectivity index (χ0n) is 14.2. The minimum atomic E-state index is 0.00645. The standard InChI is InChI=1S/C19H19N5OS/c25-17(21-16-7-3-5-13-4-1-2-6-15(13)16)12-26-19-22-18(23-24-19)14-8-10-20-11-9-14/h1-2,4,6,8-11,16H,3,5,7,12H2,(H,21,25)(H,22,23,24)/t16-/m0/s1. The summed E-state index contributed by atoms with van der Waals surface area (Å²) in [6.07, 6.45) is 6.60. The minimum Gasteiger partial charge on any atom is -0.349 e. The number of fused-ring (bicyclic) bond motifs is 1. The number of rotatable bonds is 5. The first-order valence-electron chi connectivity index (χ1n) is 8.62. The Balaban J connectivity index is 1.35. The van der Waals surface area contributed by atoms with Crippen molar-refractivity contribution in [1.82, 2.24) is 25.5 Å². The third kappa shape index (κ3) is 3.77. The summed E-state index contributed by atoms with van der Waals surface area (Å²) in [5.41, 5.74) is 3.50. The third-order valence-corrected chi connectivity index (χ3v) is 5.30. The molecular weight excluding hydrogens is 346 g/mol. The number of pyridine rings is 1. The lowest BCUT2D eigenvalue weighted by molar-refractivity contribution is -0.119. The van der Waals surface area contributed by atoms with E-state index in [9.17, 15) is 4.79 Å². The molecule has 1 aliphatic rings. The van der Waals surface area contributed by atoms with E-state index in [1.165, 1.54) is 22.9 Å². The average Bonchev–Trinajstić information content (AvgIpc) is 3.17. The van der Waals surface area contributed by atoms with E-state index in [1.807, 2.05) is 18.2 Å². The number of carbonyl (C=O) groups is 1. The smallest absolute Gasteiger partial charge is 0.230 e. The Morgan fingerprint density at radius 3 is 2.96 bits per heavy atom. The van der Waals surface area contributed by atoms with Crippen molar-refractivity contribution in [3.63, 3.8) is 0 Å². The van der Waals surface area contributed by atoms with Crippen LogP contribution in [0.4, 0.5) is 0 Å². The first kappa shape index (κ1) is 16.8. The lowest BCUT2D eigenvalue weighted by Gasteiger charge is -2.26. The Bertz CT molecular complexity index is 896. The van der Waals surface area contributed by atoms with Crippen molar-refractivity contribution in [3.05, 3.63) is 59.9 Å². The molecule has 1 amide bonds. The predicted molar refractivity (Wildman–Crippen MR) is 101 cm³/mol. The third-order valence-electron chi connectivity index (χ3n) is 4.46. The average molecular weight is 365 g/mol. The van der Waals surface area contributed by atoms with Gasteiger partial charge in [0, 0.05) is 18.0 Å². The van der Waals surface area contributed by atoms with Crippen molar-refractivity contribution in [3.8, 4) is 11.4 Å². The molecule has 0 saturated carbocycles. The molecule has 132 valence electrons. The van der Waals surface area contributed by atoms with Crippen LogP contribution in [0.1, 0.15) is 30.0 Å². The number of nitrogens with one attached hydrogen (secondary N) is 2. The molecule has 0 bridgehead atoms. The van der Waals surface area contributed by atoms with Crippen LogP contribution in [0.15, 0.2) is 53.9 Å². The summed E-state index contributed by atoms with van der Waals surface area (Å²) in [7, 11) is 0. The van der Waals surface area contributed by atoms with Gasteiger partial charge in [-0.05, 0) is 42.5 Å². The topological polar surface area (TPSA) is 83.6 Å². The van der Waals surface area contributed by atoms with Gasteiger partial charge in [-0.1, -0.05) is 36.0 Å². The highest BCUT2D eigenvalue weighted by atomic mass is 32.2. The number of amides is 1. The molecule has 7 heteroatoms. The Morgan fingerprint density at radius 2 is 2.08 bits per heavy atom. The largest absolute Gasteiger partial charge is 0.349 e. The number of aryl methyl sites for hydroxylation is 1. The molecular formula is C19H19N5OS. The number of aromatic amines is 1. The first-order chi connectivity index (χ1) is 12.8. The van der Waals surface area contributed by atoms with Crippen LogP contribution >= 0.6 is 11.8 Å². The summed E-state index contributed by atoms with van der Waals surface area (Å²) in [5.74, 6) is 0.982. The molecule has 2 heterocycles. The Hall–Kier alpha value is -2.67. The van der Waals surface area contributed by atoms with Crippen LogP contribution in [0.25, 0.3) is 11.4 Å². The molecule has 1 atom stereocenters. The van der Waals surface area contributed by atoms with Crippen LogP contribution in [-0.4, -0.2) is 31.8 Å². The maximum Gasteiger partial charge on any atom is 0.230 e. The van der Waals surface area contributed by atoms with Gasteiger partial charge in [-0.25, -0.2) is 4.98 Å². The molecule has 0 aliphatic heterocycles. The predicted octanol–water partition coefficient (Wildman–Crippen LogP) is 3.15. The van der Waals surface area contributed by atoms with Crippen molar-refractivity contribution in [2.75, 3.05) is 5.75 Å². The van der Waals surface area contributed by atoms with Crippen LogP contribution in [0.2, 0.25) is 0 Å². The second kappa shape index (κ2) is 7.70. The van der Waals surface area contributed by atoms with Crippen molar-refractivity contribution in [1.29, 1.82) is 0 Å². The molecule has 6 nitrogen and oxygen atoms in total. The number of hydrogen-bond acceptors (Lipinski definition) is 5. The molecule has 2 N–H and O–H groups in total. The number of hydrogen-bond donors (Lipinski definition) is 2. The van der Waals surface area contributed by atoms with E-state index in [1.54, 1.807) is 12.4 Å². The summed E-state index contributed by atoms with van der Waals surface area (Å²) in [4.78, 5) is 20.8. The number of H-pyrrole nitrogens is 1. The van der Waals surface area contributed by atoms with E-state index in [2.05, 4.69) is 43.7 Å². The Morgan fingerprint density at radius 1 is 1.23 bits per heavy atom. The highest BCUT2D eigenvalue weighted by Crippen LogP contribution is 2.29. The summed E-state index contributed by atoms with van der Waals surface area (Å²) < 4.78 is 0. The molecule has 3 aromatic rings. The molecule has 0 unspecified atom stereocenters. The zero-order valence-corrected chi connectivity index (χ0v) is 15.0. The SMILES string of the molecule is O=C(CSc1n[nH]c(-c2ccncc2)n1)N[C@H]1CCCc2ccccc21. The van der Waals surface area contributed by atoms with E-state index >= 15 is 0 Å². The lowest BCUT2D eigenvalue weighted by atomic mass is 9.88. The summed E-state index contributed by atoms with van der Waals surface area (Å²) in [6, 6.07) is 12.2. The van der Waals surface area contributed by atoms with Gasteiger partial charge in [0.15, 0.2) is 5.82 Å². The monoisotopic (exact) mass is 365 g/mol. The molecule has 4 rings (SSSR count). The molecule has 1 aliphatic carbocycles. The van der Waals surface area contributed by atoms with Gasteiger partial charge in [0.05, 0.1) is 11.8 Å². The summed E-state index contributed by atoms with van der Waals surface area (Å²) in [6.45, 7) is 0. The molecule has 0 radical (unpaired) electrons. The first-order valence-corrected chi connectivity index (χ1v) is 9.61.